The Morgan fingerprint density at radius 1 is 1.28 bits per heavy atom. The van der Waals surface area contributed by atoms with Crippen LogP contribution < -0.4 is 5.32 Å². The normalized spacial score (nSPS) is 11.9. The van der Waals surface area contributed by atoms with E-state index in [-0.39, 0.29) is 12.5 Å². The quantitative estimate of drug-likeness (QED) is 0.789. The van der Waals surface area contributed by atoms with Crippen LogP contribution in [0.15, 0.2) is 18.2 Å². The average Bonchev–Trinajstić information content (AvgIpc) is 2.26. The molecule has 0 spiro atoms. The number of rotatable bonds is 6. The molecule has 4 nitrogen and oxygen atoms in total. The van der Waals surface area contributed by atoms with Gasteiger partial charge in [0.05, 0.1) is 0 Å². The van der Waals surface area contributed by atoms with Gasteiger partial charge in [0.1, 0.15) is 0 Å². The van der Waals surface area contributed by atoms with E-state index in [9.17, 15) is 9.59 Å². The number of carboxylic acids is 1. The van der Waals surface area contributed by atoms with Gasteiger partial charge in [0.2, 0.25) is 5.78 Å². The van der Waals surface area contributed by atoms with Crippen molar-refractivity contribution in [1.29, 1.82) is 0 Å². The molecule has 0 bridgehead atoms. The van der Waals surface area contributed by atoms with Crippen molar-refractivity contribution in [2.24, 2.45) is 0 Å². The van der Waals surface area contributed by atoms with E-state index in [4.69, 9.17) is 28.3 Å². The van der Waals surface area contributed by atoms with Crippen LogP contribution in [-0.2, 0) is 9.59 Å². The van der Waals surface area contributed by atoms with Gasteiger partial charge in [0, 0.05) is 28.2 Å². The van der Waals surface area contributed by atoms with E-state index < -0.39 is 11.8 Å². The number of carbonyl (C=O) groups excluding carboxylic acids is 1. The van der Waals surface area contributed by atoms with Crippen LogP contribution in [-0.4, -0.2) is 22.9 Å². The highest BCUT2D eigenvalue weighted by Gasteiger charge is 2.17. The average molecular weight is 290 g/mol. The summed E-state index contributed by atoms with van der Waals surface area (Å²) < 4.78 is 0. The first-order chi connectivity index (χ1) is 8.42. The first-order valence-electron chi connectivity index (χ1n) is 5.41. The molecule has 1 atom stereocenters. The fourth-order valence-electron chi connectivity index (χ4n) is 1.48. The van der Waals surface area contributed by atoms with Gasteiger partial charge in [-0.15, -0.1) is 0 Å². The Morgan fingerprint density at radius 2 is 1.83 bits per heavy atom. The van der Waals surface area contributed by atoms with Crippen molar-refractivity contribution in [2.75, 3.05) is 5.32 Å². The molecule has 6 heteroatoms. The molecule has 0 amide bonds. The maximum absolute atomic E-state index is 11.1. The Balaban J connectivity index is 2.73. The Hall–Kier alpha value is -1.26. The summed E-state index contributed by atoms with van der Waals surface area (Å²) in [4.78, 5) is 21.6. The van der Waals surface area contributed by atoms with Gasteiger partial charge in [0.25, 0.3) is 0 Å². The highest BCUT2D eigenvalue weighted by atomic mass is 35.5. The van der Waals surface area contributed by atoms with Gasteiger partial charge in [-0.2, -0.15) is 0 Å². The van der Waals surface area contributed by atoms with Crippen molar-refractivity contribution < 1.29 is 14.7 Å². The molecule has 98 valence electrons. The summed E-state index contributed by atoms with van der Waals surface area (Å²) >= 11 is 11.7. The third kappa shape index (κ3) is 4.55. The van der Waals surface area contributed by atoms with Crippen LogP contribution in [0.4, 0.5) is 5.69 Å². The Labute approximate surface area is 115 Å². The molecule has 0 aromatic heterocycles. The number of hydrogen-bond acceptors (Lipinski definition) is 3. The van der Waals surface area contributed by atoms with Crippen molar-refractivity contribution in [2.45, 2.75) is 25.8 Å². The first kappa shape index (κ1) is 14.8. The van der Waals surface area contributed by atoms with Gasteiger partial charge >= 0.3 is 5.97 Å². The number of carboxylic acid groups (broad SMARTS) is 1. The maximum atomic E-state index is 11.1. The number of ketones is 1. The zero-order valence-electron chi connectivity index (χ0n) is 9.74. The lowest BCUT2D eigenvalue weighted by Gasteiger charge is -2.17. The predicted molar refractivity (Wildman–Crippen MR) is 71.4 cm³/mol. The molecule has 0 radical (unpaired) electrons. The topological polar surface area (TPSA) is 66.4 Å². The number of carbonyl (C=O) groups is 2. The summed E-state index contributed by atoms with van der Waals surface area (Å²) in [5.41, 5.74) is 0.664. The zero-order chi connectivity index (χ0) is 13.7. The second kappa shape index (κ2) is 6.61. The monoisotopic (exact) mass is 289 g/mol. The van der Waals surface area contributed by atoms with Gasteiger partial charge < -0.3 is 10.4 Å². The minimum Gasteiger partial charge on any atom is -0.476 e. The van der Waals surface area contributed by atoms with Gasteiger partial charge in [0.15, 0.2) is 0 Å². The van der Waals surface area contributed by atoms with Crippen LogP contribution in [0.5, 0.6) is 0 Å². The lowest BCUT2D eigenvalue weighted by molar-refractivity contribution is -0.149. The maximum Gasteiger partial charge on any atom is 0.372 e. The number of hydrogen-bond donors (Lipinski definition) is 2. The van der Waals surface area contributed by atoms with E-state index in [1.807, 2.05) is 6.92 Å². The zero-order valence-corrected chi connectivity index (χ0v) is 11.3. The molecule has 0 fully saturated rings. The Bertz CT molecular complexity index is 442. The van der Waals surface area contributed by atoms with Gasteiger partial charge in [-0.25, -0.2) is 4.79 Å². The van der Waals surface area contributed by atoms with E-state index >= 15 is 0 Å². The lowest BCUT2D eigenvalue weighted by Crippen LogP contribution is -2.26. The van der Waals surface area contributed by atoms with Crippen molar-refractivity contribution in [3.63, 3.8) is 0 Å². The largest absolute Gasteiger partial charge is 0.476 e. The number of Topliss-reactive ketones (excluding diaryl/α,β-unsaturated/α-hetero) is 1. The lowest BCUT2D eigenvalue weighted by atomic mass is 10.1. The van der Waals surface area contributed by atoms with E-state index in [1.165, 1.54) is 0 Å². The SMILES string of the molecule is CC[C@H](CC(=O)C(=O)O)Nc1cc(Cl)cc(Cl)c1. The van der Waals surface area contributed by atoms with Crippen LogP contribution in [0, 0.1) is 0 Å². The van der Waals surface area contributed by atoms with Gasteiger partial charge in [-0.1, -0.05) is 30.1 Å². The van der Waals surface area contributed by atoms with E-state index in [1.54, 1.807) is 18.2 Å². The molecule has 0 aliphatic heterocycles. The standard InChI is InChI=1S/C12H13Cl2NO3/c1-2-9(6-11(16)12(17)18)15-10-4-7(13)3-8(14)5-10/h3-5,9,15H,2,6H2,1H3,(H,17,18)/t9-/m1/s1. The first-order valence-corrected chi connectivity index (χ1v) is 6.16. The summed E-state index contributed by atoms with van der Waals surface area (Å²) in [5, 5.41) is 12.6. The van der Waals surface area contributed by atoms with Crippen LogP contribution in [0.25, 0.3) is 0 Å². The molecular weight excluding hydrogens is 277 g/mol. The minimum atomic E-state index is -1.42. The minimum absolute atomic E-state index is 0.0734. The van der Waals surface area contributed by atoms with Crippen molar-refractivity contribution in [3.05, 3.63) is 28.2 Å². The molecule has 18 heavy (non-hydrogen) atoms. The molecule has 1 aromatic carbocycles. The molecule has 0 heterocycles. The molecule has 1 aromatic rings. The third-order valence-corrected chi connectivity index (χ3v) is 2.83. The predicted octanol–water partition coefficient (Wildman–Crippen LogP) is 3.23. The number of halogens is 2. The number of anilines is 1. The van der Waals surface area contributed by atoms with Crippen LogP contribution in [0.1, 0.15) is 19.8 Å². The fourth-order valence-corrected chi connectivity index (χ4v) is 2.01. The Morgan fingerprint density at radius 3 is 2.28 bits per heavy atom. The van der Waals surface area contributed by atoms with E-state index in [2.05, 4.69) is 5.32 Å². The summed E-state index contributed by atoms with van der Waals surface area (Å²) in [6, 6.07) is 4.67. The highest BCUT2D eigenvalue weighted by Crippen LogP contribution is 2.23. The third-order valence-electron chi connectivity index (χ3n) is 2.40. The van der Waals surface area contributed by atoms with Crippen molar-refractivity contribution >= 4 is 40.6 Å². The summed E-state index contributed by atoms with van der Waals surface area (Å²) in [6.07, 6.45) is 0.541. The van der Waals surface area contributed by atoms with Gasteiger partial charge in [-0.05, 0) is 24.6 Å². The van der Waals surface area contributed by atoms with Crippen LogP contribution >= 0.6 is 23.2 Å². The molecule has 1 rings (SSSR count). The molecule has 2 N–H and O–H groups in total. The van der Waals surface area contributed by atoms with Gasteiger partial charge in [-0.3, -0.25) is 4.79 Å². The molecule has 0 aliphatic rings. The van der Waals surface area contributed by atoms with Crippen LogP contribution in [0.3, 0.4) is 0 Å². The summed E-state index contributed by atoms with van der Waals surface area (Å²) in [6.45, 7) is 1.86. The number of nitrogens with one attached hydrogen (secondary N) is 1. The second-order valence-corrected chi connectivity index (χ2v) is 4.71. The smallest absolute Gasteiger partial charge is 0.372 e. The highest BCUT2D eigenvalue weighted by molar-refractivity contribution is 6.35. The summed E-state index contributed by atoms with van der Waals surface area (Å²) in [5.74, 6) is -2.23. The summed E-state index contributed by atoms with van der Waals surface area (Å²) in [7, 11) is 0. The Kier molecular flexibility index (Phi) is 5.44. The molecule has 0 saturated carbocycles. The molecule has 0 saturated heterocycles. The number of benzene rings is 1. The van der Waals surface area contributed by atoms with Crippen LogP contribution in [0.2, 0.25) is 10.0 Å². The fraction of sp³-hybridized carbons (Fsp3) is 0.333. The second-order valence-electron chi connectivity index (χ2n) is 3.84. The molecule has 0 aliphatic carbocycles. The molecule has 0 unspecified atom stereocenters. The number of aliphatic carboxylic acids is 1. The van der Waals surface area contributed by atoms with E-state index in [0.717, 1.165) is 0 Å². The van der Waals surface area contributed by atoms with Crippen molar-refractivity contribution in [1.82, 2.24) is 0 Å². The molecular formula is C12H13Cl2NO3. The van der Waals surface area contributed by atoms with Crippen molar-refractivity contribution in [3.8, 4) is 0 Å². The van der Waals surface area contributed by atoms with E-state index in [0.29, 0.717) is 22.2 Å².